The number of para-hydroxylation sites is 1. The fourth-order valence-electron chi connectivity index (χ4n) is 2.14. The van der Waals surface area contributed by atoms with Gasteiger partial charge in [0.05, 0.1) is 11.6 Å². The lowest BCUT2D eigenvalue weighted by Gasteiger charge is -2.30. The molecule has 0 aliphatic carbocycles. The van der Waals surface area contributed by atoms with E-state index in [1.54, 1.807) is 31.2 Å². The van der Waals surface area contributed by atoms with E-state index < -0.39 is 12.0 Å². The van der Waals surface area contributed by atoms with Gasteiger partial charge in [-0.05, 0) is 25.2 Å². The molecule has 1 unspecified atom stereocenters. The first-order valence-electron chi connectivity index (χ1n) is 6.38. The molecule has 0 radical (unpaired) electrons. The molecule has 2 rings (SSSR count). The third-order valence-electron chi connectivity index (χ3n) is 3.07. The van der Waals surface area contributed by atoms with Gasteiger partial charge in [-0.25, -0.2) is 4.79 Å². The Kier molecular flexibility index (Phi) is 4.59. The maximum atomic E-state index is 12.2. The van der Waals surface area contributed by atoms with Gasteiger partial charge in [0, 0.05) is 11.3 Å². The number of benzene rings is 1. The van der Waals surface area contributed by atoms with E-state index in [1.807, 2.05) is 0 Å². The van der Waals surface area contributed by atoms with E-state index in [-0.39, 0.29) is 12.4 Å². The number of allylic oxidation sites excluding steroid dienone is 1. The van der Waals surface area contributed by atoms with Crippen molar-refractivity contribution in [3.05, 3.63) is 53.8 Å². The maximum Gasteiger partial charge on any atom is 0.338 e. The van der Waals surface area contributed by atoms with Gasteiger partial charge in [-0.3, -0.25) is 0 Å². The highest BCUT2D eigenvalue weighted by molar-refractivity contribution is 7.80. The quantitative estimate of drug-likeness (QED) is 0.448. The minimum atomic E-state index is -0.558. The smallest absolute Gasteiger partial charge is 0.338 e. The lowest BCUT2D eigenvalue weighted by molar-refractivity contribution is -0.138. The highest BCUT2D eigenvalue weighted by Crippen LogP contribution is 2.32. The molecular weight excluding hydrogens is 288 g/mol. The summed E-state index contributed by atoms with van der Waals surface area (Å²) in [7, 11) is 0. The highest BCUT2D eigenvalue weighted by atomic mass is 32.1. The van der Waals surface area contributed by atoms with Crippen LogP contribution in [0.3, 0.4) is 0 Å². The number of carbonyl (C=O) groups excluding carboxylic acids is 1. The normalized spacial score (nSPS) is 17.8. The molecule has 1 aliphatic heterocycles. The SMILES string of the molecule is C=CCOC(=O)C1=C(C)NC(=S)NC1c1ccccc1O. The van der Waals surface area contributed by atoms with Crippen LogP contribution >= 0.6 is 12.2 Å². The van der Waals surface area contributed by atoms with Gasteiger partial charge in [0.15, 0.2) is 5.11 Å². The summed E-state index contributed by atoms with van der Waals surface area (Å²) in [6, 6.07) is 6.23. The minimum Gasteiger partial charge on any atom is -0.508 e. The highest BCUT2D eigenvalue weighted by Gasteiger charge is 2.32. The van der Waals surface area contributed by atoms with Crippen LogP contribution in [-0.4, -0.2) is 22.8 Å². The monoisotopic (exact) mass is 304 g/mol. The Morgan fingerprint density at radius 2 is 2.24 bits per heavy atom. The number of ether oxygens (including phenoxy) is 1. The number of rotatable bonds is 4. The Morgan fingerprint density at radius 1 is 1.52 bits per heavy atom. The standard InChI is InChI=1S/C15H16N2O3S/c1-3-8-20-14(19)12-9(2)16-15(21)17-13(12)10-6-4-5-7-11(10)18/h3-7,13,18H,1,8H2,2H3,(H2,16,17,21). The minimum absolute atomic E-state index is 0.0847. The van der Waals surface area contributed by atoms with Crippen LogP contribution in [0.5, 0.6) is 5.75 Å². The third kappa shape index (κ3) is 3.22. The molecule has 6 heteroatoms. The maximum absolute atomic E-state index is 12.2. The molecular formula is C15H16N2O3S. The summed E-state index contributed by atoms with van der Waals surface area (Å²) < 4.78 is 5.11. The van der Waals surface area contributed by atoms with Crippen molar-refractivity contribution in [1.29, 1.82) is 0 Å². The van der Waals surface area contributed by atoms with Crippen molar-refractivity contribution in [2.24, 2.45) is 0 Å². The molecule has 0 bridgehead atoms. The van der Waals surface area contributed by atoms with Gasteiger partial charge >= 0.3 is 5.97 Å². The Hall–Kier alpha value is -2.34. The van der Waals surface area contributed by atoms with Crippen molar-refractivity contribution in [2.75, 3.05) is 6.61 Å². The molecule has 0 amide bonds. The summed E-state index contributed by atoms with van der Waals surface area (Å²) in [6.45, 7) is 5.37. The fourth-order valence-corrected chi connectivity index (χ4v) is 2.41. The van der Waals surface area contributed by atoms with Crippen molar-refractivity contribution < 1.29 is 14.6 Å². The predicted molar refractivity (Wildman–Crippen MR) is 83.6 cm³/mol. The van der Waals surface area contributed by atoms with Gasteiger partial charge in [-0.2, -0.15) is 0 Å². The zero-order chi connectivity index (χ0) is 15.4. The van der Waals surface area contributed by atoms with E-state index in [0.29, 0.717) is 21.9 Å². The van der Waals surface area contributed by atoms with Crippen LogP contribution in [0.4, 0.5) is 0 Å². The molecule has 1 heterocycles. The van der Waals surface area contributed by atoms with Crippen molar-refractivity contribution >= 4 is 23.3 Å². The van der Waals surface area contributed by atoms with Gasteiger partial charge < -0.3 is 20.5 Å². The number of nitrogens with one attached hydrogen (secondary N) is 2. The van der Waals surface area contributed by atoms with Gasteiger partial charge in [0.2, 0.25) is 0 Å². The van der Waals surface area contributed by atoms with Crippen molar-refractivity contribution in [2.45, 2.75) is 13.0 Å². The van der Waals surface area contributed by atoms with Gasteiger partial charge in [-0.1, -0.05) is 30.9 Å². The number of aromatic hydroxyl groups is 1. The lowest BCUT2D eigenvalue weighted by Crippen LogP contribution is -2.45. The summed E-state index contributed by atoms with van der Waals surface area (Å²) in [5.41, 5.74) is 1.54. The van der Waals surface area contributed by atoms with E-state index in [9.17, 15) is 9.90 Å². The topological polar surface area (TPSA) is 70.6 Å². The first kappa shape index (κ1) is 15.1. The summed E-state index contributed by atoms with van der Waals surface area (Å²) in [5.74, 6) is -0.398. The Bertz CT molecular complexity index is 625. The zero-order valence-electron chi connectivity index (χ0n) is 11.6. The van der Waals surface area contributed by atoms with E-state index in [4.69, 9.17) is 17.0 Å². The molecule has 1 aromatic rings. The Morgan fingerprint density at radius 3 is 2.90 bits per heavy atom. The summed E-state index contributed by atoms with van der Waals surface area (Å²) >= 11 is 5.12. The molecule has 110 valence electrons. The molecule has 21 heavy (non-hydrogen) atoms. The summed E-state index contributed by atoms with van der Waals surface area (Å²) in [4.78, 5) is 12.2. The lowest BCUT2D eigenvalue weighted by atomic mass is 9.95. The number of hydrogen-bond donors (Lipinski definition) is 3. The molecule has 0 aromatic heterocycles. The van der Waals surface area contributed by atoms with Crippen LogP contribution in [0.2, 0.25) is 0 Å². The summed E-state index contributed by atoms with van der Waals surface area (Å²) in [6.07, 6.45) is 1.50. The summed E-state index contributed by atoms with van der Waals surface area (Å²) in [5, 5.41) is 16.3. The molecule has 0 fully saturated rings. The number of hydrogen-bond acceptors (Lipinski definition) is 4. The van der Waals surface area contributed by atoms with Crippen LogP contribution in [0.1, 0.15) is 18.5 Å². The molecule has 0 spiro atoms. The van der Waals surface area contributed by atoms with Crippen LogP contribution in [0, 0.1) is 0 Å². The van der Waals surface area contributed by atoms with Crippen LogP contribution in [0.25, 0.3) is 0 Å². The van der Waals surface area contributed by atoms with Crippen molar-refractivity contribution in [3.63, 3.8) is 0 Å². The first-order chi connectivity index (χ1) is 10.0. The van der Waals surface area contributed by atoms with Gasteiger partial charge in [0.25, 0.3) is 0 Å². The number of phenolic OH excluding ortho intramolecular Hbond substituents is 1. The van der Waals surface area contributed by atoms with E-state index in [1.165, 1.54) is 6.08 Å². The van der Waals surface area contributed by atoms with Gasteiger partial charge in [0.1, 0.15) is 12.4 Å². The van der Waals surface area contributed by atoms with E-state index >= 15 is 0 Å². The molecule has 1 aromatic carbocycles. The van der Waals surface area contributed by atoms with Crippen molar-refractivity contribution in [3.8, 4) is 5.75 Å². The first-order valence-corrected chi connectivity index (χ1v) is 6.79. The third-order valence-corrected chi connectivity index (χ3v) is 3.29. The molecule has 0 saturated carbocycles. The van der Waals surface area contributed by atoms with Crippen LogP contribution in [0.15, 0.2) is 48.2 Å². The largest absolute Gasteiger partial charge is 0.508 e. The molecule has 3 N–H and O–H groups in total. The molecule has 1 atom stereocenters. The average Bonchev–Trinajstić information content (AvgIpc) is 2.44. The fraction of sp³-hybridized carbons (Fsp3) is 0.200. The Labute approximate surface area is 128 Å². The predicted octanol–water partition coefficient (Wildman–Crippen LogP) is 1.91. The van der Waals surface area contributed by atoms with Gasteiger partial charge in [-0.15, -0.1) is 0 Å². The second kappa shape index (κ2) is 6.41. The van der Waals surface area contributed by atoms with E-state index in [2.05, 4.69) is 17.2 Å². The Balaban J connectivity index is 2.43. The molecule has 0 saturated heterocycles. The number of phenols is 1. The second-order valence-electron chi connectivity index (χ2n) is 4.52. The molecule has 5 nitrogen and oxygen atoms in total. The second-order valence-corrected chi connectivity index (χ2v) is 4.92. The number of thiocarbonyl (C=S) groups is 1. The molecule has 1 aliphatic rings. The van der Waals surface area contributed by atoms with Crippen LogP contribution < -0.4 is 10.6 Å². The number of carbonyl (C=O) groups is 1. The van der Waals surface area contributed by atoms with Crippen LogP contribution in [-0.2, 0) is 9.53 Å². The zero-order valence-corrected chi connectivity index (χ0v) is 12.4. The average molecular weight is 304 g/mol. The van der Waals surface area contributed by atoms with E-state index in [0.717, 1.165) is 0 Å². The van der Waals surface area contributed by atoms with Crippen molar-refractivity contribution in [1.82, 2.24) is 10.6 Å². The number of esters is 1.